The van der Waals surface area contributed by atoms with E-state index in [2.05, 4.69) is 4.98 Å². The minimum atomic E-state index is 0.254. The number of aromatic amines is 1. The van der Waals surface area contributed by atoms with Gasteiger partial charge in [0.25, 0.3) is 0 Å². The van der Waals surface area contributed by atoms with Gasteiger partial charge in [0.1, 0.15) is 11.6 Å². The van der Waals surface area contributed by atoms with Crippen molar-refractivity contribution in [1.29, 1.82) is 0 Å². The highest BCUT2D eigenvalue weighted by Crippen LogP contribution is 2.27. The molecule has 3 nitrogen and oxygen atoms in total. The van der Waals surface area contributed by atoms with Crippen LogP contribution in [0.5, 0.6) is 5.75 Å². The van der Waals surface area contributed by atoms with E-state index in [9.17, 15) is 5.11 Å². The molecule has 0 bridgehead atoms. The van der Waals surface area contributed by atoms with Crippen molar-refractivity contribution >= 4 is 5.82 Å². The number of hydrogen-bond acceptors (Lipinski definition) is 2. The molecule has 0 unspecified atom stereocenters. The number of aromatic nitrogens is 1. The summed E-state index contributed by atoms with van der Waals surface area (Å²) in [6.45, 7) is 0. The lowest BCUT2D eigenvalue weighted by Crippen LogP contribution is -1.83. The van der Waals surface area contributed by atoms with Crippen molar-refractivity contribution in [1.82, 2.24) is 4.98 Å². The number of anilines is 1. The van der Waals surface area contributed by atoms with E-state index >= 15 is 0 Å². The topological polar surface area (TPSA) is 62.0 Å². The summed E-state index contributed by atoms with van der Waals surface area (Å²) in [6.07, 6.45) is 0. The van der Waals surface area contributed by atoms with Crippen LogP contribution in [0.4, 0.5) is 5.82 Å². The van der Waals surface area contributed by atoms with Crippen molar-refractivity contribution in [3.63, 3.8) is 0 Å². The summed E-state index contributed by atoms with van der Waals surface area (Å²) in [7, 11) is 0. The van der Waals surface area contributed by atoms with Gasteiger partial charge in [-0.2, -0.15) is 0 Å². The molecule has 0 amide bonds. The number of H-pyrrole nitrogens is 1. The van der Waals surface area contributed by atoms with Crippen molar-refractivity contribution in [2.75, 3.05) is 5.73 Å². The number of nitrogens with two attached hydrogens (primary N) is 1. The predicted molar refractivity (Wildman–Crippen MR) is 52.3 cm³/mol. The quantitative estimate of drug-likeness (QED) is 0.619. The average Bonchev–Trinajstić information content (AvgIpc) is 2.53. The molecule has 0 spiro atoms. The van der Waals surface area contributed by atoms with Crippen molar-refractivity contribution < 1.29 is 5.11 Å². The summed E-state index contributed by atoms with van der Waals surface area (Å²) < 4.78 is 0. The second-order valence-electron chi connectivity index (χ2n) is 2.84. The third-order valence-electron chi connectivity index (χ3n) is 1.90. The molecular formula is C10H10N2O. The summed E-state index contributed by atoms with van der Waals surface area (Å²) in [5.74, 6) is 0.850. The van der Waals surface area contributed by atoms with Crippen LogP contribution in [0.25, 0.3) is 11.3 Å². The Kier molecular flexibility index (Phi) is 1.70. The number of nitrogens with one attached hydrogen (secondary N) is 1. The maximum Gasteiger partial charge on any atom is 0.124 e. The van der Waals surface area contributed by atoms with Crippen LogP contribution in [0.3, 0.4) is 0 Å². The molecule has 0 atom stereocenters. The number of benzene rings is 1. The van der Waals surface area contributed by atoms with Crippen molar-refractivity contribution in [3.05, 3.63) is 36.4 Å². The highest BCUT2D eigenvalue weighted by molar-refractivity contribution is 5.68. The van der Waals surface area contributed by atoms with Crippen molar-refractivity contribution in [2.45, 2.75) is 0 Å². The second kappa shape index (κ2) is 2.86. The zero-order chi connectivity index (χ0) is 9.26. The Morgan fingerprint density at radius 1 is 1.08 bits per heavy atom. The molecule has 1 aromatic heterocycles. The highest BCUT2D eigenvalue weighted by atomic mass is 16.3. The average molecular weight is 174 g/mol. The van der Waals surface area contributed by atoms with Gasteiger partial charge in [0.05, 0.1) is 5.69 Å². The van der Waals surface area contributed by atoms with E-state index in [1.54, 1.807) is 18.2 Å². The SMILES string of the molecule is Nc1ccc(-c2ccccc2O)[nH]1. The summed E-state index contributed by atoms with van der Waals surface area (Å²) in [5, 5.41) is 9.51. The van der Waals surface area contributed by atoms with Crippen LogP contribution >= 0.6 is 0 Å². The third-order valence-corrected chi connectivity index (χ3v) is 1.90. The largest absolute Gasteiger partial charge is 0.507 e. The fraction of sp³-hybridized carbons (Fsp3) is 0. The van der Waals surface area contributed by atoms with E-state index in [4.69, 9.17) is 5.73 Å². The van der Waals surface area contributed by atoms with E-state index in [-0.39, 0.29) is 5.75 Å². The van der Waals surface area contributed by atoms with E-state index in [1.165, 1.54) is 0 Å². The molecular weight excluding hydrogens is 164 g/mol. The Morgan fingerprint density at radius 2 is 1.85 bits per heavy atom. The Hall–Kier alpha value is -1.90. The van der Waals surface area contributed by atoms with Crippen molar-refractivity contribution in [3.8, 4) is 17.0 Å². The van der Waals surface area contributed by atoms with Gasteiger partial charge in [0.15, 0.2) is 0 Å². The van der Waals surface area contributed by atoms with Gasteiger partial charge in [-0.3, -0.25) is 0 Å². The summed E-state index contributed by atoms with van der Waals surface area (Å²) >= 11 is 0. The Morgan fingerprint density at radius 3 is 2.46 bits per heavy atom. The summed E-state index contributed by atoms with van der Waals surface area (Å²) in [4.78, 5) is 2.95. The summed E-state index contributed by atoms with van der Waals surface area (Å²) in [5.41, 5.74) is 7.12. The van der Waals surface area contributed by atoms with Gasteiger partial charge in [-0.25, -0.2) is 0 Å². The van der Waals surface area contributed by atoms with E-state index in [0.29, 0.717) is 5.82 Å². The first-order valence-electron chi connectivity index (χ1n) is 4.00. The van der Waals surface area contributed by atoms with Gasteiger partial charge < -0.3 is 15.8 Å². The first-order valence-corrected chi connectivity index (χ1v) is 4.00. The van der Waals surface area contributed by atoms with Gasteiger partial charge in [0.2, 0.25) is 0 Å². The first-order chi connectivity index (χ1) is 6.27. The fourth-order valence-electron chi connectivity index (χ4n) is 1.27. The van der Waals surface area contributed by atoms with Crippen LogP contribution in [0.2, 0.25) is 0 Å². The number of para-hydroxylation sites is 1. The molecule has 2 aromatic rings. The van der Waals surface area contributed by atoms with Gasteiger partial charge in [0, 0.05) is 5.56 Å². The van der Waals surface area contributed by atoms with Gasteiger partial charge in [-0.15, -0.1) is 0 Å². The maximum atomic E-state index is 9.51. The van der Waals surface area contributed by atoms with E-state index in [0.717, 1.165) is 11.3 Å². The fourth-order valence-corrected chi connectivity index (χ4v) is 1.27. The highest BCUT2D eigenvalue weighted by Gasteiger charge is 2.03. The van der Waals surface area contributed by atoms with Gasteiger partial charge in [-0.05, 0) is 24.3 Å². The molecule has 13 heavy (non-hydrogen) atoms. The molecule has 0 saturated heterocycles. The van der Waals surface area contributed by atoms with Crippen LogP contribution in [0.15, 0.2) is 36.4 Å². The van der Waals surface area contributed by atoms with E-state index < -0.39 is 0 Å². The molecule has 0 radical (unpaired) electrons. The Labute approximate surface area is 75.8 Å². The molecule has 1 aromatic carbocycles. The standard InChI is InChI=1S/C10H10N2O/c11-10-6-5-8(12-10)7-3-1-2-4-9(7)13/h1-6,12-13H,11H2. The van der Waals surface area contributed by atoms with E-state index in [1.807, 2.05) is 18.2 Å². The number of nitrogen functional groups attached to an aromatic ring is 1. The minimum Gasteiger partial charge on any atom is -0.507 e. The zero-order valence-corrected chi connectivity index (χ0v) is 6.99. The van der Waals surface area contributed by atoms with Crippen molar-refractivity contribution in [2.24, 2.45) is 0 Å². The van der Waals surface area contributed by atoms with Crippen LogP contribution in [0, 0.1) is 0 Å². The number of aromatic hydroxyl groups is 1. The molecule has 66 valence electrons. The summed E-state index contributed by atoms with van der Waals surface area (Å²) in [6, 6.07) is 10.7. The lowest BCUT2D eigenvalue weighted by atomic mass is 10.1. The van der Waals surface area contributed by atoms with Gasteiger partial charge in [-0.1, -0.05) is 12.1 Å². The predicted octanol–water partition coefficient (Wildman–Crippen LogP) is 1.97. The zero-order valence-electron chi connectivity index (χ0n) is 6.99. The number of phenolic OH excluding ortho intramolecular Hbond substituents is 1. The lowest BCUT2D eigenvalue weighted by molar-refractivity contribution is 0.477. The molecule has 0 fully saturated rings. The lowest BCUT2D eigenvalue weighted by Gasteiger charge is -2.00. The molecule has 0 saturated carbocycles. The van der Waals surface area contributed by atoms with Crippen LogP contribution in [0.1, 0.15) is 0 Å². The first kappa shape index (κ1) is 7.73. The number of hydrogen-bond donors (Lipinski definition) is 3. The molecule has 0 aliphatic heterocycles. The van der Waals surface area contributed by atoms with Crippen LogP contribution in [-0.4, -0.2) is 10.1 Å². The van der Waals surface area contributed by atoms with Crippen LogP contribution in [-0.2, 0) is 0 Å². The van der Waals surface area contributed by atoms with Gasteiger partial charge >= 0.3 is 0 Å². The molecule has 2 rings (SSSR count). The molecule has 1 heterocycles. The minimum absolute atomic E-state index is 0.254. The maximum absolute atomic E-state index is 9.51. The Balaban J connectivity index is 2.52. The number of phenols is 1. The third kappa shape index (κ3) is 1.36. The van der Waals surface area contributed by atoms with Crippen LogP contribution < -0.4 is 5.73 Å². The smallest absolute Gasteiger partial charge is 0.124 e. The second-order valence-corrected chi connectivity index (χ2v) is 2.84. The normalized spacial score (nSPS) is 10.2. The molecule has 4 N–H and O–H groups in total. The number of rotatable bonds is 1. The monoisotopic (exact) mass is 174 g/mol. The molecule has 0 aliphatic carbocycles. The molecule has 3 heteroatoms. The molecule has 0 aliphatic rings. The Bertz CT molecular complexity index is 420.